The molecule has 0 spiro atoms. The average molecular weight is 363 g/mol. The maximum absolute atomic E-state index is 13.1. The van der Waals surface area contributed by atoms with Gasteiger partial charge in [0.05, 0.1) is 6.20 Å². The van der Waals surface area contributed by atoms with Crippen LogP contribution in [0.5, 0.6) is 0 Å². The highest BCUT2D eigenvalue weighted by Crippen LogP contribution is 2.20. The zero-order valence-electron chi connectivity index (χ0n) is 16.1. The minimum absolute atomic E-state index is 0.0215. The topological polar surface area (TPSA) is 53.7 Å². The second-order valence-electron chi connectivity index (χ2n) is 7.02. The Hall–Kier alpha value is -2.89. The van der Waals surface area contributed by atoms with Gasteiger partial charge in [0.15, 0.2) is 5.65 Å². The summed E-state index contributed by atoms with van der Waals surface area (Å²) in [5, 5.41) is 4.44. The molecule has 1 aromatic carbocycles. The van der Waals surface area contributed by atoms with Gasteiger partial charge in [-0.05, 0) is 38.0 Å². The van der Waals surface area contributed by atoms with E-state index in [9.17, 15) is 4.79 Å². The van der Waals surface area contributed by atoms with Crippen molar-refractivity contribution in [2.75, 3.05) is 31.1 Å². The van der Waals surface area contributed by atoms with E-state index in [2.05, 4.69) is 34.0 Å². The van der Waals surface area contributed by atoms with E-state index in [1.165, 1.54) is 11.3 Å². The Morgan fingerprint density at radius 1 is 1.07 bits per heavy atom. The van der Waals surface area contributed by atoms with Crippen LogP contribution < -0.4 is 4.90 Å². The molecule has 1 fully saturated rings. The Morgan fingerprint density at radius 3 is 2.44 bits per heavy atom. The lowest BCUT2D eigenvalue weighted by molar-refractivity contribution is 0.0748. The van der Waals surface area contributed by atoms with Crippen molar-refractivity contribution in [2.45, 2.75) is 27.2 Å². The number of carbonyl (C=O) groups is 1. The van der Waals surface area contributed by atoms with Crippen molar-refractivity contribution >= 4 is 17.2 Å². The normalized spacial score (nSPS) is 14.8. The molecule has 3 aromatic rings. The SMILES string of the molecule is CCc1c(C)nc2c(C(=O)N3CCN(c4ccccc4)CC3)cnn2c1C. The van der Waals surface area contributed by atoms with Crippen LogP contribution in [0.1, 0.15) is 34.2 Å². The van der Waals surface area contributed by atoms with E-state index >= 15 is 0 Å². The van der Waals surface area contributed by atoms with Crippen LogP contribution in [0, 0.1) is 13.8 Å². The van der Waals surface area contributed by atoms with Crippen LogP contribution in [0.2, 0.25) is 0 Å². The van der Waals surface area contributed by atoms with Gasteiger partial charge in [-0.15, -0.1) is 0 Å². The fraction of sp³-hybridized carbons (Fsp3) is 0.381. The van der Waals surface area contributed by atoms with Crippen molar-refractivity contribution in [2.24, 2.45) is 0 Å². The molecule has 6 heteroatoms. The number of fused-ring (bicyclic) bond motifs is 1. The first-order valence-electron chi connectivity index (χ1n) is 9.53. The van der Waals surface area contributed by atoms with Gasteiger partial charge < -0.3 is 9.80 Å². The molecule has 6 nitrogen and oxygen atoms in total. The van der Waals surface area contributed by atoms with Crippen LogP contribution >= 0.6 is 0 Å². The largest absolute Gasteiger partial charge is 0.368 e. The number of hydrogen-bond acceptors (Lipinski definition) is 4. The maximum Gasteiger partial charge on any atom is 0.259 e. The predicted molar refractivity (Wildman–Crippen MR) is 106 cm³/mol. The highest BCUT2D eigenvalue weighted by molar-refractivity contribution is 5.99. The summed E-state index contributed by atoms with van der Waals surface area (Å²) in [4.78, 5) is 22.0. The number of hydrogen-bond donors (Lipinski definition) is 0. The highest BCUT2D eigenvalue weighted by atomic mass is 16.2. The van der Waals surface area contributed by atoms with Crippen LogP contribution in [-0.4, -0.2) is 51.6 Å². The van der Waals surface area contributed by atoms with E-state index in [4.69, 9.17) is 0 Å². The van der Waals surface area contributed by atoms with Gasteiger partial charge in [0.25, 0.3) is 5.91 Å². The molecule has 140 valence electrons. The Kier molecular flexibility index (Phi) is 4.56. The number of para-hydroxylation sites is 1. The van der Waals surface area contributed by atoms with E-state index in [-0.39, 0.29) is 5.91 Å². The maximum atomic E-state index is 13.1. The Balaban J connectivity index is 1.56. The van der Waals surface area contributed by atoms with E-state index in [1.807, 2.05) is 36.9 Å². The van der Waals surface area contributed by atoms with Crippen LogP contribution in [-0.2, 0) is 6.42 Å². The lowest BCUT2D eigenvalue weighted by atomic mass is 10.1. The molecule has 1 saturated heterocycles. The third kappa shape index (κ3) is 3.05. The quantitative estimate of drug-likeness (QED) is 0.718. The van der Waals surface area contributed by atoms with Gasteiger partial charge in [0, 0.05) is 43.3 Å². The van der Waals surface area contributed by atoms with E-state index < -0.39 is 0 Å². The second-order valence-corrected chi connectivity index (χ2v) is 7.02. The second kappa shape index (κ2) is 7.02. The van der Waals surface area contributed by atoms with Gasteiger partial charge in [-0.2, -0.15) is 5.10 Å². The van der Waals surface area contributed by atoms with E-state index in [0.717, 1.165) is 30.9 Å². The third-order valence-corrected chi connectivity index (χ3v) is 5.48. The average Bonchev–Trinajstić information content (AvgIpc) is 3.12. The molecule has 4 rings (SSSR count). The summed E-state index contributed by atoms with van der Waals surface area (Å²) < 4.78 is 1.80. The molecule has 0 unspecified atom stereocenters. The molecule has 27 heavy (non-hydrogen) atoms. The first-order valence-corrected chi connectivity index (χ1v) is 9.53. The summed E-state index contributed by atoms with van der Waals surface area (Å²) in [6, 6.07) is 10.3. The minimum Gasteiger partial charge on any atom is -0.368 e. The van der Waals surface area contributed by atoms with Crippen molar-refractivity contribution < 1.29 is 4.79 Å². The molecule has 1 aliphatic heterocycles. The van der Waals surface area contributed by atoms with Gasteiger partial charge in [0.1, 0.15) is 5.56 Å². The van der Waals surface area contributed by atoms with Crippen molar-refractivity contribution in [3.8, 4) is 0 Å². The van der Waals surface area contributed by atoms with Gasteiger partial charge in [-0.25, -0.2) is 9.50 Å². The fourth-order valence-corrected chi connectivity index (χ4v) is 3.95. The van der Waals surface area contributed by atoms with Crippen molar-refractivity contribution in [3.05, 3.63) is 59.0 Å². The van der Waals surface area contributed by atoms with Crippen molar-refractivity contribution in [3.63, 3.8) is 0 Å². The molecule has 1 aliphatic rings. The predicted octanol–water partition coefficient (Wildman–Crippen LogP) is 2.87. The summed E-state index contributed by atoms with van der Waals surface area (Å²) >= 11 is 0. The van der Waals surface area contributed by atoms with Gasteiger partial charge in [-0.3, -0.25) is 4.79 Å². The lowest BCUT2D eigenvalue weighted by Gasteiger charge is -2.36. The number of anilines is 1. The molecule has 0 bridgehead atoms. The first kappa shape index (κ1) is 17.5. The summed E-state index contributed by atoms with van der Waals surface area (Å²) in [6.07, 6.45) is 2.57. The van der Waals surface area contributed by atoms with Crippen LogP contribution in [0.3, 0.4) is 0 Å². The molecule has 2 aromatic heterocycles. The monoisotopic (exact) mass is 363 g/mol. The zero-order valence-corrected chi connectivity index (χ0v) is 16.1. The molecule has 0 saturated carbocycles. The van der Waals surface area contributed by atoms with E-state index in [1.54, 1.807) is 10.7 Å². The van der Waals surface area contributed by atoms with Crippen LogP contribution in [0.25, 0.3) is 5.65 Å². The van der Waals surface area contributed by atoms with E-state index in [0.29, 0.717) is 24.3 Å². The Labute approximate surface area is 159 Å². The number of amides is 1. The molecular weight excluding hydrogens is 338 g/mol. The van der Waals surface area contributed by atoms with Crippen LogP contribution in [0.15, 0.2) is 36.5 Å². The number of carbonyl (C=O) groups excluding carboxylic acids is 1. The van der Waals surface area contributed by atoms with Crippen molar-refractivity contribution in [1.82, 2.24) is 19.5 Å². The molecule has 0 aliphatic carbocycles. The molecule has 0 atom stereocenters. The minimum atomic E-state index is 0.0215. The van der Waals surface area contributed by atoms with Crippen LogP contribution in [0.4, 0.5) is 5.69 Å². The number of piperazine rings is 1. The summed E-state index contributed by atoms with van der Waals surface area (Å²) in [5.74, 6) is 0.0215. The number of benzene rings is 1. The number of rotatable bonds is 3. The Bertz CT molecular complexity index is 971. The summed E-state index contributed by atoms with van der Waals surface area (Å²) in [5.41, 5.74) is 5.70. The fourth-order valence-electron chi connectivity index (χ4n) is 3.95. The zero-order chi connectivity index (χ0) is 19.0. The van der Waals surface area contributed by atoms with Gasteiger partial charge in [0.2, 0.25) is 0 Å². The number of aromatic nitrogens is 3. The molecule has 0 radical (unpaired) electrons. The first-order chi connectivity index (χ1) is 13.1. The Morgan fingerprint density at radius 2 is 1.78 bits per heavy atom. The van der Waals surface area contributed by atoms with Crippen molar-refractivity contribution in [1.29, 1.82) is 0 Å². The molecule has 1 amide bonds. The molecule has 3 heterocycles. The molecular formula is C21H25N5O. The summed E-state index contributed by atoms with van der Waals surface area (Å²) in [6.45, 7) is 9.24. The van der Waals surface area contributed by atoms with Gasteiger partial charge in [-0.1, -0.05) is 25.1 Å². The lowest BCUT2D eigenvalue weighted by Crippen LogP contribution is -2.48. The number of aryl methyl sites for hydroxylation is 2. The molecule has 0 N–H and O–H groups in total. The standard InChI is InChI=1S/C21H25N5O/c1-4-18-15(2)23-20-19(14-22-26(20)16(18)3)21(27)25-12-10-24(11-13-25)17-8-6-5-7-9-17/h5-9,14H,4,10-13H2,1-3H3. The number of nitrogens with zero attached hydrogens (tertiary/aromatic N) is 5. The van der Waals surface area contributed by atoms with Gasteiger partial charge >= 0.3 is 0 Å². The smallest absolute Gasteiger partial charge is 0.259 e. The third-order valence-electron chi connectivity index (χ3n) is 5.48. The summed E-state index contributed by atoms with van der Waals surface area (Å²) in [7, 11) is 0. The highest BCUT2D eigenvalue weighted by Gasteiger charge is 2.26.